The fourth-order valence-corrected chi connectivity index (χ4v) is 2.63. The standard InChI is InChI=1S/C15H29N5O/c1-5-15-11-21-13(4)9-19(15)6-7-20-10-14(17-18-20)8-16-12(2)3/h10,12-13,15-16H,5-9,11H2,1-4H3. The molecule has 2 unspecified atom stereocenters. The predicted molar refractivity (Wildman–Crippen MR) is 83.1 cm³/mol. The Bertz CT molecular complexity index is 420. The first-order chi connectivity index (χ1) is 10.1. The molecule has 0 amide bonds. The van der Waals surface area contributed by atoms with Gasteiger partial charge in [0.2, 0.25) is 0 Å². The molecule has 0 bridgehead atoms. The third-order valence-electron chi connectivity index (χ3n) is 3.95. The van der Waals surface area contributed by atoms with Crippen LogP contribution in [0.4, 0.5) is 0 Å². The number of ether oxygens (including phenoxy) is 1. The van der Waals surface area contributed by atoms with Crippen LogP contribution in [0.1, 0.15) is 39.8 Å². The number of morpholine rings is 1. The van der Waals surface area contributed by atoms with Crippen LogP contribution in [0.2, 0.25) is 0 Å². The van der Waals surface area contributed by atoms with Crippen molar-refractivity contribution in [2.75, 3.05) is 19.7 Å². The monoisotopic (exact) mass is 295 g/mol. The Morgan fingerprint density at radius 1 is 1.43 bits per heavy atom. The molecular formula is C15H29N5O. The molecule has 1 aromatic heterocycles. The summed E-state index contributed by atoms with van der Waals surface area (Å²) in [5.41, 5.74) is 1.01. The second-order valence-corrected chi connectivity index (χ2v) is 6.21. The van der Waals surface area contributed by atoms with Crippen LogP contribution in [-0.4, -0.2) is 57.8 Å². The minimum atomic E-state index is 0.328. The highest BCUT2D eigenvalue weighted by Gasteiger charge is 2.25. The molecule has 6 heteroatoms. The molecule has 1 aromatic rings. The predicted octanol–water partition coefficient (Wildman–Crippen LogP) is 1.28. The summed E-state index contributed by atoms with van der Waals surface area (Å²) in [4.78, 5) is 2.52. The Morgan fingerprint density at radius 3 is 2.95 bits per heavy atom. The third kappa shape index (κ3) is 5.05. The molecular weight excluding hydrogens is 266 g/mol. The number of rotatable bonds is 7. The summed E-state index contributed by atoms with van der Waals surface area (Å²) >= 11 is 0. The van der Waals surface area contributed by atoms with Gasteiger partial charge >= 0.3 is 0 Å². The summed E-state index contributed by atoms with van der Waals surface area (Å²) in [5.74, 6) is 0. The first kappa shape index (κ1) is 16.4. The lowest BCUT2D eigenvalue weighted by Crippen LogP contribution is -2.49. The Balaban J connectivity index is 1.81. The zero-order valence-electron chi connectivity index (χ0n) is 13.7. The molecule has 21 heavy (non-hydrogen) atoms. The van der Waals surface area contributed by atoms with Gasteiger partial charge in [-0.1, -0.05) is 26.0 Å². The van der Waals surface area contributed by atoms with Gasteiger partial charge in [-0.25, -0.2) is 0 Å². The van der Waals surface area contributed by atoms with E-state index >= 15 is 0 Å². The van der Waals surface area contributed by atoms with Crippen molar-refractivity contribution < 1.29 is 4.74 Å². The Hall–Kier alpha value is -0.980. The van der Waals surface area contributed by atoms with E-state index in [0.29, 0.717) is 18.2 Å². The van der Waals surface area contributed by atoms with Crippen LogP contribution in [0.15, 0.2) is 6.20 Å². The molecule has 0 aliphatic carbocycles. The lowest BCUT2D eigenvalue weighted by molar-refractivity contribution is -0.0569. The van der Waals surface area contributed by atoms with Gasteiger partial charge in [0.15, 0.2) is 0 Å². The highest BCUT2D eigenvalue weighted by Crippen LogP contribution is 2.14. The number of hydrogen-bond donors (Lipinski definition) is 1. The number of nitrogens with zero attached hydrogens (tertiary/aromatic N) is 4. The second kappa shape index (κ2) is 7.87. The molecule has 1 fully saturated rings. The third-order valence-corrected chi connectivity index (χ3v) is 3.95. The van der Waals surface area contributed by atoms with Gasteiger partial charge in [0.25, 0.3) is 0 Å². The van der Waals surface area contributed by atoms with E-state index < -0.39 is 0 Å². The summed E-state index contributed by atoms with van der Waals surface area (Å²) < 4.78 is 7.69. The van der Waals surface area contributed by atoms with Gasteiger partial charge in [-0.3, -0.25) is 9.58 Å². The van der Waals surface area contributed by atoms with Crippen molar-refractivity contribution in [3.05, 3.63) is 11.9 Å². The van der Waals surface area contributed by atoms with Gasteiger partial charge in [-0.15, -0.1) is 5.10 Å². The van der Waals surface area contributed by atoms with Crippen LogP contribution in [0.5, 0.6) is 0 Å². The number of nitrogens with one attached hydrogen (secondary N) is 1. The average Bonchev–Trinajstić information content (AvgIpc) is 2.91. The van der Waals surface area contributed by atoms with Crippen LogP contribution >= 0.6 is 0 Å². The van der Waals surface area contributed by atoms with E-state index in [1.165, 1.54) is 0 Å². The number of hydrogen-bond acceptors (Lipinski definition) is 5. The molecule has 2 heterocycles. The van der Waals surface area contributed by atoms with Crippen molar-refractivity contribution in [1.29, 1.82) is 0 Å². The molecule has 0 spiro atoms. The molecule has 2 atom stereocenters. The van der Waals surface area contributed by atoms with Crippen molar-refractivity contribution in [2.45, 2.75) is 65.4 Å². The number of aromatic nitrogens is 3. The summed E-state index contributed by atoms with van der Waals surface area (Å²) in [6, 6.07) is 1.00. The van der Waals surface area contributed by atoms with Crippen LogP contribution in [0.25, 0.3) is 0 Å². The topological polar surface area (TPSA) is 55.2 Å². The average molecular weight is 295 g/mol. The molecule has 1 aliphatic rings. The second-order valence-electron chi connectivity index (χ2n) is 6.21. The van der Waals surface area contributed by atoms with E-state index in [1.807, 2.05) is 10.9 Å². The molecule has 1 N–H and O–H groups in total. The maximum absolute atomic E-state index is 5.74. The summed E-state index contributed by atoms with van der Waals surface area (Å²) in [7, 11) is 0. The van der Waals surface area contributed by atoms with E-state index in [4.69, 9.17) is 4.74 Å². The van der Waals surface area contributed by atoms with Crippen LogP contribution in [-0.2, 0) is 17.8 Å². The molecule has 0 radical (unpaired) electrons. The molecule has 120 valence electrons. The zero-order chi connectivity index (χ0) is 15.2. The van der Waals surface area contributed by atoms with E-state index in [0.717, 1.165) is 44.9 Å². The molecule has 1 saturated heterocycles. The summed E-state index contributed by atoms with van der Waals surface area (Å²) in [5, 5.41) is 11.8. The highest BCUT2D eigenvalue weighted by molar-refractivity contribution is 4.92. The molecule has 2 rings (SSSR count). The lowest BCUT2D eigenvalue weighted by Gasteiger charge is -2.38. The molecule has 0 aromatic carbocycles. The van der Waals surface area contributed by atoms with Crippen molar-refractivity contribution >= 4 is 0 Å². The van der Waals surface area contributed by atoms with Crippen LogP contribution in [0.3, 0.4) is 0 Å². The highest BCUT2D eigenvalue weighted by atomic mass is 16.5. The van der Waals surface area contributed by atoms with E-state index in [-0.39, 0.29) is 0 Å². The fraction of sp³-hybridized carbons (Fsp3) is 0.867. The Kier molecular flexibility index (Phi) is 6.14. The van der Waals surface area contributed by atoms with Gasteiger partial charge in [-0.05, 0) is 13.3 Å². The molecule has 0 saturated carbocycles. The zero-order valence-corrected chi connectivity index (χ0v) is 13.7. The van der Waals surface area contributed by atoms with Crippen molar-refractivity contribution in [3.8, 4) is 0 Å². The first-order valence-corrected chi connectivity index (χ1v) is 8.06. The van der Waals surface area contributed by atoms with Gasteiger partial charge in [0.05, 0.1) is 24.9 Å². The van der Waals surface area contributed by atoms with Gasteiger partial charge in [-0.2, -0.15) is 0 Å². The van der Waals surface area contributed by atoms with E-state index in [2.05, 4.69) is 48.2 Å². The van der Waals surface area contributed by atoms with Crippen LogP contribution in [0, 0.1) is 0 Å². The summed E-state index contributed by atoms with van der Waals surface area (Å²) in [6.45, 7) is 13.2. The SMILES string of the molecule is CCC1COC(C)CN1CCn1cc(CNC(C)C)nn1. The minimum absolute atomic E-state index is 0.328. The summed E-state index contributed by atoms with van der Waals surface area (Å²) in [6.07, 6.45) is 3.50. The quantitative estimate of drug-likeness (QED) is 0.821. The normalized spacial score (nSPS) is 23.9. The van der Waals surface area contributed by atoms with Gasteiger partial charge in [0.1, 0.15) is 0 Å². The Morgan fingerprint density at radius 2 is 2.24 bits per heavy atom. The lowest BCUT2D eigenvalue weighted by atomic mass is 10.1. The minimum Gasteiger partial charge on any atom is -0.376 e. The van der Waals surface area contributed by atoms with Crippen LogP contribution < -0.4 is 5.32 Å². The van der Waals surface area contributed by atoms with E-state index in [9.17, 15) is 0 Å². The molecule has 6 nitrogen and oxygen atoms in total. The Labute approximate surface area is 127 Å². The largest absolute Gasteiger partial charge is 0.376 e. The van der Waals surface area contributed by atoms with Gasteiger partial charge < -0.3 is 10.1 Å². The molecule has 1 aliphatic heterocycles. The van der Waals surface area contributed by atoms with Crippen molar-refractivity contribution in [1.82, 2.24) is 25.2 Å². The fourth-order valence-electron chi connectivity index (χ4n) is 2.63. The first-order valence-electron chi connectivity index (χ1n) is 8.06. The van der Waals surface area contributed by atoms with E-state index in [1.54, 1.807) is 0 Å². The van der Waals surface area contributed by atoms with Crippen molar-refractivity contribution in [2.24, 2.45) is 0 Å². The maximum Gasteiger partial charge on any atom is 0.0964 e. The smallest absolute Gasteiger partial charge is 0.0964 e. The van der Waals surface area contributed by atoms with Crippen molar-refractivity contribution in [3.63, 3.8) is 0 Å². The maximum atomic E-state index is 5.74. The van der Waals surface area contributed by atoms with Gasteiger partial charge in [0, 0.05) is 37.9 Å².